The topological polar surface area (TPSA) is 37.2 Å². The molecule has 4 nitrogen and oxygen atoms in total. The maximum atomic E-state index is 5.76. The lowest BCUT2D eigenvalue weighted by Gasteiger charge is -2.26. The SMILES string of the molecule is COc1cc(N2CC=CCC2)ccc1CC1=NC=C(Cl)[C+]=N1. The van der Waals surface area contributed by atoms with Crippen molar-refractivity contribution < 1.29 is 4.74 Å². The molecule has 0 amide bonds. The van der Waals surface area contributed by atoms with Crippen LogP contribution in [-0.4, -0.2) is 32.2 Å². The Morgan fingerprint density at radius 3 is 2.95 bits per heavy atom. The number of allylic oxidation sites excluding steroid dienone is 1. The summed E-state index contributed by atoms with van der Waals surface area (Å²) in [5, 5.41) is 0.421. The Morgan fingerprint density at radius 1 is 1.36 bits per heavy atom. The lowest BCUT2D eigenvalue weighted by atomic mass is 10.1. The zero-order chi connectivity index (χ0) is 15.4. The van der Waals surface area contributed by atoms with E-state index in [2.05, 4.69) is 51.5 Å². The highest BCUT2D eigenvalue weighted by molar-refractivity contribution is 6.40. The van der Waals surface area contributed by atoms with Gasteiger partial charge in [0, 0.05) is 30.4 Å². The summed E-state index contributed by atoms with van der Waals surface area (Å²) in [5.74, 6) is 1.53. The van der Waals surface area contributed by atoms with Gasteiger partial charge in [0.25, 0.3) is 5.84 Å². The van der Waals surface area contributed by atoms with E-state index in [4.69, 9.17) is 16.3 Å². The average Bonchev–Trinajstić information content (AvgIpc) is 2.58. The number of ether oxygens (including phenoxy) is 1. The van der Waals surface area contributed by atoms with Crippen molar-refractivity contribution in [3.63, 3.8) is 0 Å². The second-order valence-corrected chi connectivity index (χ2v) is 5.53. The number of halogens is 1. The van der Waals surface area contributed by atoms with Crippen molar-refractivity contribution in [3.05, 3.63) is 47.1 Å². The van der Waals surface area contributed by atoms with Crippen LogP contribution in [0.15, 0.2) is 51.6 Å². The predicted octanol–water partition coefficient (Wildman–Crippen LogP) is 3.44. The maximum absolute atomic E-state index is 5.76. The van der Waals surface area contributed by atoms with Gasteiger partial charge >= 0.3 is 0 Å². The van der Waals surface area contributed by atoms with Gasteiger partial charge in [-0.1, -0.05) is 18.2 Å². The Bertz CT molecular complexity index is 676. The van der Waals surface area contributed by atoms with Gasteiger partial charge in [0.15, 0.2) is 12.4 Å². The molecule has 0 fully saturated rings. The third-order valence-corrected chi connectivity index (χ3v) is 3.84. The second kappa shape index (κ2) is 6.73. The van der Waals surface area contributed by atoms with Crippen molar-refractivity contribution in [2.45, 2.75) is 12.8 Å². The fourth-order valence-electron chi connectivity index (χ4n) is 2.51. The molecular formula is C17H17ClN3O+. The molecule has 2 aliphatic heterocycles. The molecular weight excluding hydrogens is 298 g/mol. The molecule has 5 heteroatoms. The Hall–Kier alpha value is -2.16. The number of nitrogens with zero attached hydrogens (tertiary/aromatic N) is 3. The fourth-order valence-corrected chi connectivity index (χ4v) is 2.61. The summed E-state index contributed by atoms with van der Waals surface area (Å²) in [6.07, 6.45) is 10.4. The summed E-state index contributed by atoms with van der Waals surface area (Å²) in [7, 11) is 1.69. The number of hydrogen-bond acceptors (Lipinski definition) is 4. The van der Waals surface area contributed by atoms with E-state index in [-0.39, 0.29) is 0 Å². The summed E-state index contributed by atoms with van der Waals surface area (Å²) >= 11 is 5.76. The number of benzene rings is 1. The van der Waals surface area contributed by atoms with Gasteiger partial charge < -0.3 is 9.64 Å². The maximum Gasteiger partial charge on any atom is 0.252 e. The standard InChI is InChI=1S/C17H17ClN3O/c1-22-16-10-15(21-7-3-2-4-8-21)6-5-13(16)9-17-19-11-14(18)12-20-17/h2-3,5-6,10-11H,4,7-9H2,1H3/q+1. The summed E-state index contributed by atoms with van der Waals surface area (Å²) in [5.41, 5.74) is 2.23. The van der Waals surface area contributed by atoms with E-state index in [1.54, 1.807) is 13.3 Å². The van der Waals surface area contributed by atoms with Crippen LogP contribution in [0.3, 0.4) is 0 Å². The Kier molecular flexibility index (Phi) is 4.52. The minimum atomic E-state index is 0.421. The van der Waals surface area contributed by atoms with Crippen LogP contribution in [0.2, 0.25) is 0 Å². The molecule has 0 atom stereocenters. The molecule has 2 heterocycles. The van der Waals surface area contributed by atoms with Crippen LogP contribution >= 0.6 is 11.6 Å². The van der Waals surface area contributed by atoms with E-state index >= 15 is 0 Å². The van der Waals surface area contributed by atoms with Gasteiger partial charge in [0.1, 0.15) is 5.75 Å². The van der Waals surface area contributed by atoms with Gasteiger partial charge in [0.05, 0.1) is 13.5 Å². The molecule has 0 spiro atoms. The monoisotopic (exact) mass is 314 g/mol. The van der Waals surface area contributed by atoms with Gasteiger partial charge in [0.2, 0.25) is 5.03 Å². The predicted molar refractivity (Wildman–Crippen MR) is 91.5 cm³/mol. The summed E-state index contributed by atoms with van der Waals surface area (Å²) in [4.78, 5) is 10.7. The first-order valence-corrected chi connectivity index (χ1v) is 7.60. The molecule has 0 unspecified atom stereocenters. The molecule has 22 heavy (non-hydrogen) atoms. The van der Waals surface area contributed by atoms with E-state index in [1.807, 2.05) is 0 Å². The first kappa shape index (κ1) is 14.8. The minimum Gasteiger partial charge on any atom is -0.496 e. The van der Waals surface area contributed by atoms with E-state index in [0.29, 0.717) is 17.3 Å². The highest BCUT2D eigenvalue weighted by Crippen LogP contribution is 2.27. The summed E-state index contributed by atoms with van der Waals surface area (Å²) in [6, 6.07) is 6.27. The molecule has 112 valence electrons. The number of aliphatic imine (C=N–C) groups is 2. The smallest absolute Gasteiger partial charge is 0.252 e. The van der Waals surface area contributed by atoms with Gasteiger partial charge in [-0.25, -0.2) is 0 Å². The van der Waals surface area contributed by atoms with Crippen molar-refractivity contribution in [2.24, 2.45) is 9.98 Å². The van der Waals surface area contributed by atoms with Crippen molar-refractivity contribution >= 4 is 29.3 Å². The molecule has 1 aromatic rings. The number of methoxy groups -OCH3 is 1. The van der Waals surface area contributed by atoms with Crippen molar-refractivity contribution in [1.29, 1.82) is 0 Å². The molecule has 0 aromatic heterocycles. The number of hydrogen-bond donors (Lipinski definition) is 0. The molecule has 0 aliphatic carbocycles. The van der Waals surface area contributed by atoms with Crippen molar-refractivity contribution in [2.75, 3.05) is 25.1 Å². The van der Waals surface area contributed by atoms with Gasteiger partial charge in [-0.2, -0.15) is 0 Å². The minimum absolute atomic E-state index is 0.421. The van der Waals surface area contributed by atoms with Crippen LogP contribution in [0, 0.1) is 0 Å². The van der Waals surface area contributed by atoms with Crippen molar-refractivity contribution in [3.8, 4) is 5.75 Å². The number of amidine groups is 1. The third-order valence-electron chi connectivity index (χ3n) is 3.66. The van der Waals surface area contributed by atoms with Crippen LogP contribution < -0.4 is 9.64 Å². The highest BCUT2D eigenvalue weighted by atomic mass is 35.5. The third kappa shape index (κ3) is 3.35. The molecule has 3 rings (SSSR count). The molecule has 2 aliphatic rings. The molecule has 1 aromatic carbocycles. The van der Waals surface area contributed by atoms with Crippen LogP contribution in [0.25, 0.3) is 0 Å². The summed E-state index contributed by atoms with van der Waals surface area (Å²) < 4.78 is 5.54. The van der Waals surface area contributed by atoms with E-state index in [0.717, 1.165) is 30.8 Å². The van der Waals surface area contributed by atoms with E-state index < -0.39 is 0 Å². The quantitative estimate of drug-likeness (QED) is 0.630. The first-order valence-electron chi connectivity index (χ1n) is 7.22. The van der Waals surface area contributed by atoms with Crippen LogP contribution in [0.5, 0.6) is 5.75 Å². The van der Waals surface area contributed by atoms with Crippen molar-refractivity contribution in [1.82, 2.24) is 0 Å². The van der Waals surface area contributed by atoms with Crippen LogP contribution in [0.1, 0.15) is 12.0 Å². The van der Waals surface area contributed by atoms with Crippen LogP contribution in [0.4, 0.5) is 5.69 Å². The zero-order valence-corrected chi connectivity index (χ0v) is 13.2. The van der Waals surface area contributed by atoms with Crippen LogP contribution in [-0.2, 0) is 6.42 Å². The molecule has 0 radical (unpaired) electrons. The van der Waals surface area contributed by atoms with Gasteiger partial charge in [-0.05, 0) is 29.1 Å². The summed E-state index contributed by atoms with van der Waals surface area (Å²) in [6.45, 7) is 1.98. The normalized spacial score (nSPS) is 16.9. The molecule has 0 N–H and O–H groups in total. The lowest BCUT2D eigenvalue weighted by molar-refractivity contribution is 0.411. The number of rotatable bonds is 4. The van der Waals surface area contributed by atoms with Gasteiger partial charge in [-0.15, -0.1) is 4.99 Å². The zero-order valence-electron chi connectivity index (χ0n) is 12.4. The lowest BCUT2D eigenvalue weighted by Crippen LogP contribution is -2.26. The highest BCUT2D eigenvalue weighted by Gasteiger charge is 2.17. The number of anilines is 1. The Labute approximate surface area is 135 Å². The molecule has 0 bridgehead atoms. The largest absolute Gasteiger partial charge is 0.496 e. The average molecular weight is 315 g/mol. The Morgan fingerprint density at radius 2 is 2.27 bits per heavy atom. The Balaban J connectivity index is 1.80. The fraction of sp³-hybridized carbons (Fsp3) is 0.294. The van der Waals surface area contributed by atoms with Gasteiger partial charge in [-0.3, -0.25) is 0 Å². The first-order chi connectivity index (χ1) is 10.8. The second-order valence-electron chi connectivity index (χ2n) is 5.12. The van der Waals surface area contributed by atoms with E-state index in [9.17, 15) is 0 Å². The molecule has 0 saturated heterocycles. The van der Waals surface area contributed by atoms with E-state index in [1.165, 1.54) is 5.69 Å². The molecule has 0 saturated carbocycles.